The van der Waals surface area contributed by atoms with Gasteiger partial charge in [0, 0.05) is 29.7 Å². The summed E-state index contributed by atoms with van der Waals surface area (Å²) in [6.07, 6.45) is 2.85. The Kier molecular flexibility index (Phi) is 5.73. The number of piperidine rings is 1. The normalized spacial score (nSPS) is 19.1. The Labute approximate surface area is 119 Å². The first-order valence-electron chi connectivity index (χ1n) is 6.93. The van der Waals surface area contributed by atoms with Crippen molar-refractivity contribution in [2.75, 3.05) is 18.8 Å². The topological polar surface area (TPSA) is 41.1 Å². The van der Waals surface area contributed by atoms with Gasteiger partial charge in [-0.05, 0) is 38.4 Å². The molecule has 1 fully saturated rings. The molecule has 1 aromatic carbocycles. The summed E-state index contributed by atoms with van der Waals surface area (Å²) in [5.74, 6) is 1.02. The van der Waals surface area contributed by atoms with Crippen LogP contribution in [0.1, 0.15) is 24.8 Å². The van der Waals surface area contributed by atoms with E-state index in [0.29, 0.717) is 12.5 Å². The van der Waals surface area contributed by atoms with Crippen LogP contribution in [0.2, 0.25) is 0 Å². The molecule has 0 spiro atoms. The van der Waals surface area contributed by atoms with Gasteiger partial charge in [0.15, 0.2) is 0 Å². The molecule has 3 nitrogen and oxygen atoms in total. The molecule has 1 atom stereocenters. The van der Waals surface area contributed by atoms with Crippen LogP contribution < -0.4 is 10.6 Å². The van der Waals surface area contributed by atoms with Crippen molar-refractivity contribution >= 4 is 17.7 Å². The molecule has 0 bridgehead atoms. The number of rotatable bonds is 5. The molecule has 1 aromatic rings. The predicted molar refractivity (Wildman–Crippen MR) is 80.6 cm³/mol. The second-order valence-corrected chi connectivity index (χ2v) is 6.19. The van der Waals surface area contributed by atoms with Gasteiger partial charge in [0.1, 0.15) is 0 Å². The highest BCUT2D eigenvalue weighted by Gasteiger charge is 2.14. The van der Waals surface area contributed by atoms with Crippen molar-refractivity contribution in [2.24, 2.45) is 0 Å². The fourth-order valence-corrected chi connectivity index (χ4v) is 3.02. The van der Waals surface area contributed by atoms with Gasteiger partial charge in [-0.1, -0.05) is 17.7 Å². The van der Waals surface area contributed by atoms with Crippen molar-refractivity contribution in [3.63, 3.8) is 0 Å². The van der Waals surface area contributed by atoms with Crippen LogP contribution in [0.3, 0.4) is 0 Å². The van der Waals surface area contributed by atoms with Gasteiger partial charge in [-0.25, -0.2) is 0 Å². The van der Waals surface area contributed by atoms with Gasteiger partial charge >= 0.3 is 0 Å². The highest BCUT2D eigenvalue weighted by atomic mass is 32.2. The molecule has 104 valence electrons. The lowest BCUT2D eigenvalue weighted by Gasteiger charge is -2.23. The lowest BCUT2D eigenvalue weighted by Crippen LogP contribution is -2.45. The van der Waals surface area contributed by atoms with E-state index in [1.165, 1.54) is 10.5 Å². The third-order valence-corrected chi connectivity index (χ3v) is 4.29. The molecule has 1 heterocycles. The Morgan fingerprint density at radius 2 is 2.21 bits per heavy atom. The van der Waals surface area contributed by atoms with Crippen LogP contribution in [-0.2, 0) is 4.79 Å². The molecule has 1 saturated heterocycles. The second kappa shape index (κ2) is 7.56. The minimum Gasteiger partial charge on any atom is -0.352 e. The summed E-state index contributed by atoms with van der Waals surface area (Å²) in [5, 5.41) is 6.41. The number of hydrogen-bond acceptors (Lipinski definition) is 3. The molecule has 0 aromatic heterocycles. The Morgan fingerprint density at radius 1 is 1.42 bits per heavy atom. The zero-order chi connectivity index (χ0) is 13.5. The first-order chi connectivity index (χ1) is 9.24. The SMILES string of the molecule is Cc1ccc(SCCC(=O)N[C@H]2CCCNC2)cc1. The molecule has 2 N–H and O–H groups in total. The minimum absolute atomic E-state index is 0.174. The van der Waals surface area contributed by atoms with E-state index in [1.807, 2.05) is 0 Å². The molecule has 0 saturated carbocycles. The van der Waals surface area contributed by atoms with E-state index < -0.39 is 0 Å². The van der Waals surface area contributed by atoms with Crippen LogP contribution in [0.5, 0.6) is 0 Å². The first kappa shape index (κ1) is 14.4. The molecule has 0 unspecified atom stereocenters. The zero-order valence-corrected chi connectivity index (χ0v) is 12.3. The maximum Gasteiger partial charge on any atom is 0.221 e. The largest absolute Gasteiger partial charge is 0.352 e. The van der Waals surface area contributed by atoms with Crippen LogP contribution in [0.25, 0.3) is 0 Å². The maximum absolute atomic E-state index is 11.8. The van der Waals surface area contributed by atoms with Crippen molar-refractivity contribution < 1.29 is 4.79 Å². The number of amides is 1. The van der Waals surface area contributed by atoms with Crippen LogP contribution in [0.15, 0.2) is 29.2 Å². The molecule has 1 aliphatic rings. The molecule has 1 amide bonds. The lowest BCUT2D eigenvalue weighted by atomic mass is 10.1. The summed E-state index contributed by atoms with van der Waals surface area (Å²) >= 11 is 1.74. The van der Waals surface area contributed by atoms with Crippen molar-refractivity contribution in [3.8, 4) is 0 Å². The second-order valence-electron chi connectivity index (χ2n) is 5.02. The van der Waals surface area contributed by atoms with E-state index in [2.05, 4.69) is 41.8 Å². The van der Waals surface area contributed by atoms with Gasteiger partial charge < -0.3 is 10.6 Å². The zero-order valence-electron chi connectivity index (χ0n) is 11.4. The quantitative estimate of drug-likeness (QED) is 0.812. The molecular weight excluding hydrogens is 256 g/mol. The predicted octanol–water partition coefficient (Wildman–Crippen LogP) is 2.35. The van der Waals surface area contributed by atoms with E-state index in [0.717, 1.165) is 31.7 Å². The highest BCUT2D eigenvalue weighted by molar-refractivity contribution is 7.99. The van der Waals surface area contributed by atoms with Crippen molar-refractivity contribution in [1.29, 1.82) is 0 Å². The molecule has 1 aliphatic heterocycles. The van der Waals surface area contributed by atoms with Gasteiger partial charge in [-0.2, -0.15) is 0 Å². The Balaban J connectivity index is 1.64. The van der Waals surface area contributed by atoms with Crippen LogP contribution in [-0.4, -0.2) is 30.8 Å². The van der Waals surface area contributed by atoms with E-state index in [1.54, 1.807) is 11.8 Å². The fourth-order valence-electron chi connectivity index (χ4n) is 2.17. The van der Waals surface area contributed by atoms with Gasteiger partial charge in [-0.15, -0.1) is 11.8 Å². The van der Waals surface area contributed by atoms with Crippen LogP contribution in [0.4, 0.5) is 0 Å². The maximum atomic E-state index is 11.8. The minimum atomic E-state index is 0.174. The summed E-state index contributed by atoms with van der Waals surface area (Å²) in [5.41, 5.74) is 1.27. The van der Waals surface area contributed by atoms with E-state index in [-0.39, 0.29) is 5.91 Å². The highest BCUT2D eigenvalue weighted by Crippen LogP contribution is 2.18. The third-order valence-electron chi connectivity index (χ3n) is 3.28. The molecule has 0 aliphatic carbocycles. The van der Waals surface area contributed by atoms with E-state index in [9.17, 15) is 4.79 Å². The van der Waals surface area contributed by atoms with Gasteiger partial charge in [0.2, 0.25) is 5.91 Å². The number of hydrogen-bond donors (Lipinski definition) is 2. The summed E-state index contributed by atoms with van der Waals surface area (Å²) in [6, 6.07) is 8.77. The number of nitrogens with one attached hydrogen (secondary N) is 2. The third kappa shape index (κ3) is 5.25. The molecule has 4 heteroatoms. The number of carbonyl (C=O) groups excluding carboxylic acids is 1. The van der Waals surface area contributed by atoms with E-state index in [4.69, 9.17) is 0 Å². The van der Waals surface area contributed by atoms with Gasteiger partial charge in [0.25, 0.3) is 0 Å². The Hall–Kier alpha value is -1.00. The Bertz CT molecular complexity index is 399. The number of carbonyl (C=O) groups is 1. The van der Waals surface area contributed by atoms with Crippen LogP contribution in [0, 0.1) is 6.92 Å². The lowest BCUT2D eigenvalue weighted by molar-refractivity contribution is -0.121. The van der Waals surface area contributed by atoms with Crippen molar-refractivity contribution in [3.05, 3.63) is 29.8 Å². The molecular formula is C15H22N2OS. The monoisotopic (exact) mass is 278 g/mol. The van der Waals surface area contributed by atoms with E-state index >= 15 is 0 Å². The summed E-state index contributed by atoms with van der Waals surface area (Å²) in [6.45, 7) is 4.08. The number of benzene rings is 1. The van der Waals surface area contributed by atoms with Crippen molar-refractivity contribution in [2.45, 2.75) is 37.1 Å². The number of thioether (sulfide) groups is 1. The number of aryl methyl sites for hydroxylation is 1. The van der Waals surface area contributed by atoms with Crippen LogP contribution >= 0.6 is 11.8 Å². The van der Waals surface area contributed by atoms with Gasteiger partial charge in [-0.3, -0.25) is 4.79 Å². The van der Waals surface area contributed by atoms with Gasteiger partial charge in [0.05, 0.1) is 0 Å². The summed E-state index contributed by atoms with van der Waals surface area (Å²) in [7, 11) is 0. The average molecular weight is 278 g/mol. The first-order valence-corrected chi connectivity index (χ1v) is 7.92. The smallest absolute Gasteiger partial charge is 0.221 e. The summed E-state index contributed by atoms with van der Waals surface area (Å²) in [4.78, 5) is 13.0. The molecule has 19 heavy (non-hydrogen) atoms. The van der Waals surface area contributed by atoms with Crippen molar-refractivity contribution in [1.82, 2.24) is 10.6 Å². The molecule has 2 rings (SSSR count). The standard InChI is InChI=1S/C15H22N2OS/c1-12-4-6-14(7-5-12)19-10-8-15(18)17-13-3-2-9-16-11-13/h4-7,13,16H,2-3,8-11H2,1H3,(H,17,18)/t13-/m0/s1. The Morgan fingerprint density at radius 3 is 2.89 bits per heavy atom. The summed E-state index contributed by atoms with van der Waals surface area (Å²) < 4.78 is 0. The molecule has 0 radical (unpaired) electrons. The average Bonchev–Trinajstić information content (AvgIpc) is 2.42. The fraction of sp³-hybridized carbons (Fsp3) is 0.533.